The summed E-state index contributed by atoms with van der Waals surface area (Å²) >= 11 is 2.69. The first-order chi connectivity index (χ1) is 11.8. The molecule has 0 aliphatic carbocycles. The van der Waals surface area contributed by atoms with Crippen molar-refractivity contribution in [1.29, 1.82) is 0 Å². The van der Waals surface area contributed by atoms with Gasteiger partial charge in [-0.2, -0.15) is 0 Å². The van der Waals surface area contributed by atoms with Crippen LogP contribution in [0.1, 0.15) is 0 Å². The molecule has 0 saturated heterocycles. The fourth-order valence-corrected chi connectivity index (χ4v) is 3.24. The Morgan fingerprint density at radius 2 is 2.25 bits per heavy atom. The quantitative estimate of drug-likeness (QED) is 0.516. The lowest BCUT2D eigenvalue weighted by molar-refractivity contribution is -0.113. The molecule has 0 unspecified atom stereocenters. The molecule has 7 nitrogen and oxygen atoms in total. The first-order valence-corrected chi connectivity index (χ1v) is 8.92. The first kappa shape index (κ1) is 16.3. The van der Waals surface area contributed by atoms with Crippen molar-refractivity contribution in [2.45, 2.75) is 11.7 Å². The van der Waals surface area contributed by atoms with E-state index in [1.165, 1.54) is 23.1 Å². The van der Waals surface area contributed by atoms with E-state index in [4.69, 9.17) is 0 Å². The number of thioether (sulfide) groups is 1. The van der Waals surface area contributed by atoms with Gasteiger partial charge in [0, 0.05) is 24.3 Å². The highest BCUT2D eigenvalue weighted by Crippen LogP contribution is 2.23. The molecule has 0 atom stereocenters. The van der Waals surface area contributed by atoms with E-state index < -0.39 is 0 Å². The van der Waals surface area contributed by atoms with Gasteiger partial charge in [0.25, 0.3) is 0 Å². The molecule has 0 saturated carbocycles. The van der Waals surface area contributed by atoms with Crippen molar-refractivity contribution in [1.82, 2.24) is 24.7 Å². The molecule has 0 aliphatic heterocycles. The molecular formula is C15H14N6OS2. The minimum Gasteiger partial charge on any atom is -0.301 e. The SMILES string of the molecule is C=CCn1c(SCC(=O)Nc2nccs2)nnc1-c1ccccn1. The number of hydrogen-bond acceptors (Lipinski definition) is 7. The number of anilines is 1. The standard InChI is InChI=1S/C15H14N6OS2/c1-2-8-21-13(11-5-3-4-6-16-11)19-20-15(21)24-10-12(22)18-14-17-7-9-23-14/h2-7,9H,1,8,10H2,(H,17,18,22). The van der Waals surface area contributed by atoms with E-state index in [2.05, 4.69) is 32.1 Å². The van der Waals surface area contributed by atoms with E-state index in [1.54, 1.807) is 18.5 Å². The molecule has 9 heteroatoms. The predicted octanol–water partition coefficient (Wildman–Crippen LogP) is 2.71. The Labute approximate surface area is 146 Å². The van der Waals surface area contributed by atoms with Crippen LogP contribution >= 0.6 is 23.1 Å². The van der Waals surface area contributed by atoms with Crippen LogP contribution in [0.15, 0.2) is 53.8 Å². The summed E-state index contributed by atoms with van der Waals surface area (Å²) in [6.07, 6.45) is 5.11. The second-order valence-corrected chi connectivity index (χ2v) is 6.43. The summed E-state index contributed by atoms with van der Waals surface area (Å²) in [5, 5.41) is 14.2. The number of nitrogens with zero attached hydrogens (tertiary/aromatic N) is 5. The number of carbonyl (C=O) groups excluding carboxylic acids is 1. The zero-order chi connectivity index (χ0) is 16.8. The third-order valence-electron chi connectivity index (χ3n) is 2.93. The maximum atomic E-state index is 12.0. The van der Waals surface area contributed by atoms with Crippen LogP contribution in [0.2, 0.25) is 0 Å². The van der Waals surface area contributed by atoms with Crippen LogP contribution in [0.3, 0.4) is 0 Å². The van der Waals surface area contributed by atoms with Gasteiger partial charge in [0.1, 0.15) is 5.69 Å². The van der Waals surface area contributed by atoms with Crippen molar-refractivity contribution >= 4 is 34.1 Å². The number of rotatable bonds is 7. The second-order valence-electron chi connectivity index (χ2n) is 4.59. The summed E-state index contributed by atoms with van der Waals surface area (Å²) in [6, 6.07) is 5.60. The van der Waals surface area contributed by atoms with Crippen LogP contribution < -0.4 is 5.32 Å². The second kappa shape index (κ2) is 7.84. The Balaban J connectivity index is 1.72. The number of pyridine rings is 1. The van der Waals surface area contributed by atoms with Gasteiger partial charge in [-0.05, 0) is 12.1 Å². The molecule has 3 heterocycles. The van der Waals surface area contributed by atoms with Crippen LogP contribution in [0.5, 0.6) is 0 Å². The number of aromatic nitrogens is 5. The van der Waals surface area contributed by atoms with Gasteiger partial charge in [-0.1, -0.05) is 23.9 Å². The third-order valence-corrected chi connectivity index (χ3v) is 4.59. The van der Waals surface area contributed by atoms with Gasteiger partial charge in [-0.3, -0.25) is 14.3 Å². The Kier molecular flexibility index (Phi) is 5.34. The van der Waals surface area contributed by atoms with Crippen molar-refractivity contribution in [3.63, 3.8) is 0 Å². The zero-order valence-electron chi connectivity index (χ0n) is 12.6. The molecular weight excluding hydrogens is 344 g/mol. The highest BCUT2D eigenvalue weighted by molar-refractivity contribution is 7.99. The molecule has 3 aromatic heterocycles. The number of thiazole rings is 1. The van der Waals surface area contributed by atoms with Gasteiger partial charge >= 0.3 is 0 Å². The molecule has 1 amide bonds. The average Bonchev–Trinajstić information content (AvgIpc) is 3.24. The normalized spacial score (nSPS) is 10.5. The van der Waals surface area contributed by atoms with Gasteiger partial charge in [0.05, 0.1) is 5.75 Å². The Morgan fingerprint density at radius 1 is 1.33 bits per heavy atom. The van der Waals surface area contributed by atoms with Crippen LogP contribution in [0, 0.1) is 0 Å². The van der Waals surface area contributed by atoms with Gasteiger partial charge in [-0.15, -0.1) is 28.1 Å². The lowest BCUT2D eigenvalue weighted by atomic mass is 10.3. The highest BCUT2D eigenvalue weighted by Gasteiger charge is 2.15. The van der Waals surface area contributed by atoms with Crippen molar-refractivity contribution < 1.29 is 4.79 Å². The minimum absolute atomic E-state index is 0.137. The van der Waals surface area contributed by atoms with Crippen molar-refractivity contribution in [2.24, 2.45) is 0 Å². The summed E-state index contributed by atoms with van der Waals surface area (Å²) in [4.78, 5) is 20.3. The molecule has 0 radical (unpaired) electrons. The molecule has 0 aliphatic rings. The number of nitrogens with one attached hydrogen (secondary N) is 1. The number of carbonyl (C=O) groups is 1. The van der Waals surface area contributed by atoms with Gasteiger partial charge < -0.3 is 5.32 Å². The molecule has 0 fully saturated rings. The molecule has 3 aromatic rings. The number of allylic oxidation sites excluding steroid dienone is 1. The van der Waals surface area contributed by atoms with E-state index >= 15 is 0 Å². The Morgan fingerprint density at radius 3 is 2.96 bits per heavy atom. The van der Waals surface area contributed by atoms with E-state index in [0.29, 0.717) is 22.7 Å². The third kappa shape index (κ3) is 3.87. The van der Waals surface area contributed by atoms with Crippen LogP contribution in [0.25, 0.3) is 11.5 Å². The average molecular weight is 358 g/mol. The maximum absolute atomic E-state index is 12.0. The van der Waals surface area contributed by atoms with Crippen LogP contribution in [-0.4, -0.2) is 36.4 Å². The van der Waals surface area contributed by atoms with Gasteiger partial charge in [0.2, 0.25) is 5.91 Å². The molecule has 24 heavy (non-hydrogen) atoms. The molecule has 3 rings (SSSR count). The predicted molar refractivity (Wildman–Crippen MR) is 94.9 cm³/mol. The van der Waals surface area contributed by atoms with Crippen molar-refractivity contribution in [3.05, 3.63) is 48.6 Å². The first-order valence-electron chi connectivity index (χ1n) is 7.05. The van der Waals surface area contributed by atoms with Crippen molar-refractivity contribution in [3.8, 4) is 11.5 Å². The summed E-state index contributed by atoms with van der Waals surface area (Å²) in [6.45, 7) is 4.30. The van der Waals surface area contributed by atoms with E-state index in [-0.39, 0.29) is 11.7 Å². The molecule has 0 aromatic carbocycles. The maximum Gasteiger partial charge on any atom is 0.236 e. The van der Waals surface area contributed by atoms with E-state index in [1.807, 2.05) is 28.1 Å². The highest BCUT2D eigenvalue weighted by atomic mass is 32.2. The fourth-order valence-electron chi connectivity index (χ4n) is 1.94. The molecule has 122 valence electrons. The Bertz CT molecular complexity index is 816. The smallest absolute Gasteiger partial charge is 0.236 e. The topological polar surface area (TPSA) is 85.6 Å². The summed E-state index contributed by atoms with van der Waals surface area (Å²) in [7, 11) is 0. The van der Waals surface area contributed by atoms with Crippen molar-refractivity contribution in [2.75, 3.05) is 11.1 Å². The lowest BCUT2D eigenvalue weighted by Crippen LogP contribution is -2.14. The minimum atomic E-state index is -0.137. The summed E-state index contributed by atoms with van der Waals surface area (Å²) < 4.78 is 1.89. The van der Waals surface area contributed by atoms with Crippen LogP contribution in [-0.2, 0) is 11.3 Å². The van der Waals surface area contributed by atoms with Gasteiger partial charge in [-0.25, -0.2) is 4.98 Å². The lowest BCUT2D eigenvalue weighted by Gasteiger charge is -2.07. The monoisotopic (exact) mass is 358 g/mol. The van der Waals surface area contributed by atoms with Crippen LogP contribution in [0.4, 0.5) is 5.13 Å². The molecule has 1 N–H and O–H groups in total. The van der Waals surface area contributed by atoms with E-state index in [0.717, 1.165) is 5.69 Å². The molecule has 0 spiro atoms. The van der Waals surface area contributed by atoms with Gasteiger partial charge in [0.15, 0.2) is 16.1 Å². The van der Waals surface area contributed by atoms with E-state index in [9.17, 15) is 4.79 Å². The number of hydrogen-bond donors (Lipinski definition) is 1. The largest absolute Gasteiger partial charge is 0.301 e. The Hall–Kier alpha value is -2.52. The molecule has 0 bridgehead atoms. The number of amides is 1. The zero-order valence-corrected chi connectivity index (χ0v) is 14.3. The fraction of sp³-hybridized carbons (Fsp3) is 0.133. The summed E-state index contributed by atoms with van der Waals surface area (Å²) in [5.41, 5.74) is 0.728. The summed E-state index contributed by atoms with van der Waals surface area (Å²) in [5.74, 6) is 0.734.